The van der Waals surface area contributed by atoms with Gasteiger partial charge >= 0.3 is 5.97 Å². The highest BCUT2D eigenvalue weighted by Crippen LogP contribution is 2.14. The summed E-state index contributed by atoms with van der Waals surface area (Å²) in [5.41, 5.74) is 0. The van der Waals surface area contributed by atoms with Crippen molar-refractivity contribution in [3.63, 3.8) is 0 Å². The van der Waals surface area contributed by atoms with Gasteiger partial charge in [-0.3, -0.25) is 9.59 Å². The van der Waals surface area contributed by atoms with E-state index in [0.29, 0.717) is 19.4 Å². The highest BCUT2D eigenvalue weighted by atomic mass is 16.5. The Kier molecular flexibility index (Phi) is 52.1. The van der Waals surface area contributed by atoms with Crippen LogP contribution in [0.5, 0.6) is 0 Å². The van der Waals surface area contributed by atoms with Gasteiger partial charge in [-0.1, -0.05) is 229 Å². The van der Waals surface area contributed by atoms with Crippen LogP contribution in [0, 0.1) is 0 Å². The lowest BCUT2D eigenvalue weighted by Gasteiger charge is -2.20. The summed E-state index contributed by atoms with van der Waals surface area (Å²) in [6.45, 7) is 4.83. The van der Waals surface area contributed by atoms with E-state index in [-0.39, 0.29) is 18.5 Å². The van der Waals surface area contributed by atoms with Gasteiger partial charge in [0.25, 0.3) is 0 Å². The monoisotopic (exact) mass is 910 g/mol. The maximum absolute atomic E-state index is 12.4. The minimum absolute atomic E-state index is 0.00810. The molecule has 6 nitrogen and oxygen atoms in total. The summed E-state index contributed by atoms with van der Waals surface area (Å²) in [5.74, 6) is -0.0908. The normalized spacial score (nSPS) is 13.1. The summed E-state index contributed by atoms with van der Waals surface area (Å²) in [6, 6.07) is -0.634. The number of hydrogen-bond acceptors (Lipinski definition) is 5. The Morgan fingerprint density at radius 1 is 0.431 bits per heavy atom. The van der Waals surface area contributed by atoms with Crippen LogP contribution in [-0.2, 0) is 14.3 Å². The van der Waals surface area contributed by atoms with Gasteiger partial charge in [-0.15, -0.1) is 0 Å². The second-order valence-corrected chi connectivity index (χ2v) is 18.9. The van der Waals surface area contributed by atoms with Crippen LogP contribution in [0.2, 0.25) is 0 Å². The predicted octanol–water partition coefficient (Wildman–Crippen LogP) is 17.2. The lowest BCUT2D eigenvalue weighted by Crippen LogP contribution is -2.45. The molecule has 0 bridgehead atoms. The van der Waals surface area contributed by atoms with Gasteiger partial charge < -0.3 is 20.3 Å². The molecule has 378 valence electrons. The molecule has 0 rings (SSSR count). The molecule has 2 atom stereocenters. The number of carbonyl (C=O) groups is 2. The Balaban J connectivity index is 3.46. The number of unbranched alkanes of at least 4 members (excludes halogenated alkanes) is 32. The molecule has 0 aromatic rings. The number of rotatable bonds is 51. The van der Waals surface area contributed by atoms with E-state index >= 15 is 0 Å². The van der Waals surface area contributed by atoms with Crippen LogP contribution >= 0.6 is 0 Å². The van der Waals surface area contributed by atoms with Crippen LogP contribution in [-0.4, -0.2) is 47.4 Å². The average molecular weight is 911 g/mol. The number of allylic oxidation sites excluding steroid dienone is 9. The second-order valence-electron chi connectivity index (χ2n) is 18.9. The van der Waals surface area contributed by atoms with Gasteiger partial charge in [0.15, 0.2) is 0 Å². The van der Waals surface area contributed by atoms with Crippen molar-refractivity contribution in [2.24, 2.45) is 0 Å². The Bertz CT molecular complexity index is 1140. The van der Waals surface area contributed by atoms with Crippen LogP contribution < -0.4 is 5.32 Å². The minimum Gasteiger partial charge on any atom is -0.466 e. The molecule has 0 saturated heterocycles. The maximum Gasteiger partial charge on any atom is 0.305 e. The first-order chi connectivity index (χ1) is 32.0. The van der Waals surface area contributed by atoms with Gasteiger partial charge in [0.1, 0.15) is 0 Å². The molecular formula is C59H107NO5. The highest BCUT2D eigenvalue weighted by molar-refractivity contribution is 5.76. The van der Waals surface area contributed by atoms with E-state index in [1.54, 1.807) is 6.08 Å². The molecule has 0 spiro atoms. The number of aliphatic hydroxyl groups is 2. The van der Waals surface area contributed by atoms with Crippen molar-refractivity contribution in [1.29, 1.82) is 0 Å². The number of carbonyl (C=O) groups excluding carboxylic acids is 2. The molecule has 0 aromatic heterocycles. The van der Waals surface area contributed by atoms with Crippen molar-refractivity contribution >= 4 is 11.9 Å². The van der Waals surface area contributed by atoms with E-state index in [9.17, 15) is 19.8 Å². The van der Waals surface area contributed by atoms with E-state index in [2.05, 4.69) is 67.8 Å². The number of hydrogen-bond donors (Lipinski definition) is 3. The molecule has 0 heterocycles. The number of aliphatic hydroxyl groups excluding tert-OH is 2. The number of amides is 1. The topological polar surface area (TPSA) is 95.9 Å². The van der Waals surface area contributed by atoms with Gasteiger partial charge in [0.2, 0.25) is 5.91 Å². The molecule has 3 N–H and O–H groups in total. The number of ether oxygens (including phenoxy) is 1. The van der Waals surface area contributed by atoms with Crippen molar-refractivity contribution in [2.45, 2.75) is 289 Å². The Hall–Kier alpha value is -2.44. The summed E-state index contributed by atoms with van der Waals surface area (Å²) >= 11 is 0. The van der Waals surface area contributed by atoms with Crippen molar-refractivity contribution < 1.29 is 24.5 Å². The summed E-state index contributed by atoms with van der Waals surface area (Å²) < 4.78 is 5.47. The molecule has 2 unspecified atom stereocenters. The molecule has 65 heavy (non-hydrogen) atoms. The van der Waals surface area contributed by atoms with E-state index in [1.165, 1.54) is 180 Å². The third kappa shape index (κ3) is 50.8. The molecule has 1 amide bonds. The SMILES string of the molecule is CCCCCC/C=C\C/C=C\CCCCCCCC(=O)OCCCCCCCCCCC/C=C\C/C=C\CCCCCCCCCC(=O)NC(CO)C(O)/C=C/CCCCCCCCC. The fraction of sp³-hybridized carbons (Fsp3) is 0.797. The Morgan fingerprint density at radius 3 is 1.18 bits per heavy atom. The molecule has 6 heteroatoms. The predicted molar refractivity (Wildman–Crippen MR) is 282 cm³/mol. The molecule has 0 fully saturated rings. The second kappa shape index (κ2) is 54.2. The molecule has 0 aliphatic rings. The molecule has 0 aliphatic heterocycles. The van der Waals surface area contributed by atoms with Crippen LogP contribution in [0.15, 0.2) is 60.8 Å². The van der Waals surface area contributed by atoms with Gasteiger partial charge in [0, 0.05) is 12.8 Å². The smallest absolute Gasteiger partial charge is 0.305 e. The Labute approximate surface area is 403 Å². The van der Waals surface area contributed by atoms with Crippen LogP contribution in [0.4, 0.5) is 0 Å². The first kappa shape index (κ1) is 62.6. The number of nitrogens with one attached hydrogen (secondary N) is 1. The minimum atomic E-state index is -0.850. The van der Waals surface area contributed by atoms with Gasteiger partial charge in [-0.05, 0) is 96.3 Å². The van der Waals surface area contributed by atoms with Crippen LogP contribution in [0.3, 0.4) is 0 Å². The Morgan fingerprint density at radius 2 is 0.769 bits per heavy atom. The van der Waals surface area contributed by atoms with E-state index < -0.39 is 12.1 Å². The standard InChI is InChI=1S/C59H107NO5/c1-3-5-7-9-11-13-14-15-16-27-30-33-37-41-45-49-53-59(64)65-54-50-46-42-38-34-31-28-25-23-21-19-17-18-20-22-24-26-29-32-36-40-44-48-52-58(63)60-56(55-61)57(62)51-47-43-39-35-12-10-8-6-4-2/h13-14,16-17,19-20,22,27,47,51,56-57,61-62H,3-12,15,18,21,23-26,28-46,48-50,52-55H2,1-2H3,(H,60,63)/b14-13-,19-17-,22-20-,27-16-,51-47+. The van der Waals surface area contributed by atoms with Gasteiger partial charge in [-0.2, -0.15) is 0 Å². The quantitative estimate of drug-likeness (QED) is 0.0321. The first-order valence-corrected chi connectivity index (χ1v) is 28.1. The zero-order valence-corrected chi connectivity index (χ0v) is 43.0. The summed E-state index contributed by atoms with van der Waals surface area (Å²) in [5, 5.41) is 22.9. The molecule has 0 saturated carbocycles. The average Bonchev–Trinajstić information content (AvgIpc) is 3.31. The largest absolute Gasteiger partial charge is 0.466 e. The lowest BCUT2D eigenvalue weighted by molar-refractivity contribution is -0.143. The summed E-state index contributed by atoms with van der Waals surface area (Å²) in [7, 11) is 0. The van der Waals surface area contributed by atoms with E-state index in [4.69, 9.17) is 4.74 Å². The summed E-state index contributed by atoms with van der Waals surface area (Å²) in [6.07, 6.45) is 69.6. The third-order valence-corrected chi connectivity index (χ3v) is 12.5. The van der Waals surface area contributed by atoms with Crippen molar-refractivity contribution in [1.82, 2.24) is 5.32 Å². The first-order valence-electron chi connectivity index (χ1n) is 28.1. The van der Waals surface area contributed by atoms with Crippen molar-refractivity contribution in [2.75, 3.05) is 13.2 Å². The van der Waals surface area contributed by atoms with Gasteiger partial charge in [-0.25, -0.2) is 0 Å². The van der Waals surface area contributed by atoms with Crippen LogP contribution in [0.1, 0.15) is 277 Å². The van der Waals surface area contributed by atoms with E-state index in [1.807, 2.05) is 6.08 Å². The summed E-state index contributed by atoms with van der Waals surface area (Å²) in [4.78, 5) is 24.4. The van der Waals surface area contributed by atoms with Crippen molar-refractivity contribution in [3.05, 3.63) is 60.8 Å². The highest BCUT2D eigenvalue weighted by Gasteiger charge is 2.18. The number of esters is 1. The maximum atomic E-state index is 12.4. The molecule has 0 radical (unpaired) electrons. The fourth-order valence-electron chi connectivity index (χ4n) is 8.16. The van der Waals surface area contributed by atoms with Crippen LogP contribution in [0.25, 0.3) is 0 Å². The van der Waals surface area contributed by atoms with E-state index in [0.717, 1.165) is 70.6 Å². The zero-order valence-electron chi connectivity index (χ0n) is 43.0. The molecule has 0 aliphatic carbocycles. The molecule has 0 aromatic carbocycles. The van der Waals surface area contributed by atoms with Crippen molar-refractivity contribution in [3.8, 4) is 0 Å². The molecular weight excluding hydrogens is 803 g/mol. The fourth-order valence-corrected chi connectivity index (χ4v) is 8.16. The van der Waals surface area contributed by atoms with Gasteiger partial charge in [0.05, 0.1) is 25.4 Å². The lowest BCUT2D eigenvalue weighted by atomic mass is 10.1. The zero-order chi connectivity index (χ0) is 47.2. The third-order valence-electron chi connectivity index (χ3n) is 12.5.